The van der Waals surface area contributed by atoms with Crippen LogP contribution in [0.15, 0.2) is 29.2 Å². The summed E-state index contributed by atoms with van der Waals surface area (Å²) in [6, 6.07) is 5.28. The average Bonchev–Trinajstić information content (AvgIpc) is 2.17. The van der Waals surface area contributed by atoms with Gasteiger partial charge in [0.2, 0.25) is 0 Å². The molecule has 6 nitrogen and oxygen atoms in total. The summed E-state index contributed by atoms with van der Waals surface area (Å²) in [5.74, 6) is 0. The van der Waals surface area contributed by atoms with Gasteiger partial charge in [0, 0.05) is 18.3 Å². The second-order valence-corrected chi connectivity index (χ2v) is 4.25. The maximum Gasteiger partial charge on any atom is 1.00 e. The van der Waals surface area contributed by atoms with Crippen molar-refractivity contribution in [1.29, 1.82) is 0 Å². The number of hydrogen-bond acceptors (Lipinski definition) is 7. The van der Waals surface area contributed by atoms with Crippen LogP contribution < -0.4 is 35.0 Å². The van der Waals surface area contributed by atoms with Gasteiger partial charge in [-0.1, -0.05) is 6.07 Å². The maximum atomic E-state index is 10.7. The predicted molar refractivity (Wildman–Crippen MR) is 53.7 cm³/mol. The SMILES string of the molecule is CSOONc1cccc(S(=O)(=O)[O-])c1.[Na+]. The Morgan fingerprint density at radius 2 is 2.12 bits per heavy atom. The van der Waals surface area contributed by atoms with Crippen molar-refractivity contribution < 1.29 is 51.8 Å². The van der Waals surface area contributed by atoms with Crippen LogP contribution in [0, 0.1) is 0 Å². The van der Waals surface area contributed by atoms with E-state index in [9.17, 15) is 13.0 Å². The zero-order valence-electron chi connectivity index (χ0n) is 8.67. The molecule has 0 radical (unpaired) electrons. The fourth-order valence-electron chi connectivity index (χ4n) is 0.814. The fraction of sp³-hybridized carbons (Fsp3) is 0.143. The summed E-state index contributed by atoms with van der Waals surface area (Å²) >= 11 is 0.966. The van der Waals surface area contributed by atoms with Crippen LogP contribution in [0.2, 0.25) is 0 Å². The maximum absolute atomic E-state index is 10.7. The molecule has 0 unspecified atom stereocenters. The average molecular weight is 273 g/mol. The summed E-state index contributed by atoms with van der Waals surface area (Å²) < 4.78 is 36.4. The summed E-state index contributed by atoms with van der Waals surface area (Å²) in [6.45, 7) is 0. The third kappa shape index (κ3) is 5.51. The van der Waals surface area contributed by atoms with Crippen molar-refractivity contribution in [3.05, 3.63) is 24.3 Å². The Balaban J connectivity index is 0.00000225. The topological polar surface area (TPSA) is 87.7 Å². The minimum absolute atomic E-state index is 0. The van der Waals surface area contributed by atoms with E-state index in [2.05, 4.69) is 14.8 Å². The first-order valence-electron chi connectivity index (χ1n) is 3.72. The quantitative estimate of drug-likeness (QED) is 0.168. The normalized spacial score (nSPS) is 10.6. The molecule has 1 aromatic rings. The van der Waals surface area contributed by atoms with Crippen LogP contribution in [0.25, 0.3) is 0 Å². The molecular weight excluding hydrogens is 265 g/mol. The number of anilines is 1. The van der Waals surface area contributed by atoms with Crippen LogP contribution >= 0.6 is 12.0 Å². The largest absolute Gasteiger partial charge is 1.00 e. The number of hydrogen-bond donors (Lipinski definition) is 1. The molecule has 0 amide bonds. The van der Waals surface area contributed by atoms with Crippen LogP contribution in [0.1, 0.15) is 0 Å². The van der Waals surface area contributed by atoms with Crippen molar-refractivity contribution in [3.63, 3.8) is 0 Å². The van der Waals surface area contributed by atoms with E-state index in [0.29, 0.717) is 5.69 Å². The van der Waals surface area contributed by atoms with Gasteiger partial charge >= 0.3 is 29.6 Å². The molecule has 0 aliphatic heterocycles. The Bertz CT molecular complexity index is 425. The second-order valence-electron chi connectivity index (χ2n) is 2.40. The van der Waals surface area contributed by atoms with Crippen LogP contribution in [0.3, 0.4) is 0 Å². The van der Waals surface area contributed by atoms with Gasteiger partial charge in [0.05, 0.1) is 10.6 Å². The van der Waals surface area contributed by atoms with Crippen LogP contribution in [-0.4, -0.2) is 19.2 Å². The van der Waals surface area contributed by atoms with E-state index in [4.69, 9.17) is 0 Å². The van der Waals surface area contributed by atoms with E-state index >= 15 is 0 Å². The van der Waals surface area contributed by atoms with Crippen molar-refractivity contribution >= 4 is 27.8 Å². The summed E-state index contributed by atoms with van der Waals surface area (Å²) in [4.78, 5) is 4.12. The van der Waals surface area contributed by atoms with Gasteiger partial charge < -0.3 is 4.55 Å². The molecule has 0 saturated heterocycles. The van der Waals surface area contributed by atoms with Gasteiger partial charge in [-0.2, -0.15) is 0 Å². The van der Waals surface area contributed by atoms with Crippen LogP contribution in [0.5, 0.6) is 0 Å². The number of nitrogens with one attached hydrogen (secondary N) is 1. The third-order valence-electron chi connectivity index (χ3n) is 1.38. The summed E-state index contributed by atoms with van der Waals surface area (Å²) in [5, 5.41) is 0. The summed E-state index contributed by atoms with van der Waals surface area (Å²) in [6.07, 6.45) is 1.64. The molecule has 0 spiro atoms. The summed E-state index contributed by atoms with van der Waals surface area (Å²) in [7, 11) is -4.45. The van der Waals surface area contributed by atoms with E-state index < -0.39 is 10.1 Å². The molecule has 84 valence electrons. The van der Waals surface area contributed by atoms with Gasteiger partial charge in [-0.05, 0) is 18.2 Å². The molecule has 9 heteroatoms. The van der Waals surface area contributed by atoms with Crippen molar-refractivity contribution in [2.45, 2.75) is 4.90 Å². The van der Waals surface area contributed by atoms with Crippen molar-refractivity contribution in [3.8, 4) is 0 Å². The molecule has 1 N–H and O–H groups in total. The Morgan fingerprint density at radius 3 is 2.69 bits per heavy atom. The third-order valence-corrected chi connectivity index (χ3v) is 2.42. The first-order chi connectivity index (χ1) is 7.04. The van der Waals surface area contributed by atoms with Crippen molar-refractivity contribution in [2.24, 2.45) is 0 Å². The Morgan fingerprint density at radius 1 is 1.44 bits per heavy atom. The van der Waals surface area contributed by atoms with Gasteiger partial charge in [0.1, 0.15) is 10.1 Å². The molecule has 0 aliphatic carbocycles. The Kier molecular flexibility index (Phi) is 7.61. The number of rotatable bonds is 5. The van der Waals surface area contributed by atoms with E-state index in [1.165, 1.54) is 18.2 Å². The zero-order valence-corrected chi connectivity index (χ0v) is 12.3. The van der Waals surface area contributed by atoms with E-state index in [0.717, 1.165) is 18.1 Å². The smallest absolute Gasteiger partial charge is 0.744 e. The molecule has 0 bridgehead atoms. The zero-order chi connectivity index (χ0) is 11.3. The number of benzene rings is 1. The summed E-state index contributed by atoms with van der Waals surface area (Å²) in [5.41, 5.74) is 2.62. The fourth-order valence-corrected chi connectivity index (χ4v) is 1.43. The molecular formula is C7H8NNaO5S2. The molecule has 0 heterocycles. The molecule has 0 atom stereocenters. The van der Waals surface area contributed by atoms with E-state index in [1.54, 1.807) is 6.26 Å². The standard InChI is InChI=1S/C7H9NO5S2.Na/c1-14-13-12-8-6-3-2-4-7(5-6)15(9,10)11;/h2-5,8H,1H3,(H,9,10,11);/q;+1/p-1. The first-order valence-corrected chi connectivity index (χ1v) is 6.28. The molecule has 1 rings (SSSR count). The molecule has 16 heavy (non-hydrogen) atoms. The predicted octanol–water partition coefficient (Wildman–Crippen LogP) is -1.85. The van der Waals surface area contributed by atoms with Gasteiger partial charge in [0.15, 0.2) is 0 Å². The minimum Gasteiger partial charge on any atom is -0.744 e. The van der Waals surface area contributed by atoms with E-state index in [1.807, 2.05) is 0 Å². The van der Waals surface area contributed by atoms with Crippen LogP contribution in [-0.2, 0) is 19.4 Å². The molecule has 1 aromatic carbocycles. The second kappa shape index (κ2) is 7.51. The molecule has 0 aromatic heterocycles. The van der Waals surface area contributed by atoms with Crippen LogP contribution in [0.4, 0.5) is 5.69 Å². The first kappa shape index (κ1) is 16.2. The monoisotopic (exact) mass is 273 g/mol. The van der Waals surface area contributed by atoms with E-state index in [-0.39, 0.29) is 34.5 Å². The molecule has 0 fully saturated rings. The van der Waals surface area contributed by atoms with Crippen molar-refractivity contribution in [2.75, 3.05) is 11.7 Å². The molecule has 0 aliphatic rings. The molecule has 0 saturated carbocycles. The van der Waals surface area contributed by atoms with Gasteiger partial charge in [-0.15, -0.1) is 9.32 Å². The minimum atomic E-state index is -4.45. The Labute approximate surface area is 120 Å². The van der Waals surface area contributed by atoms with Crippen molar-refractivity contribution in [1.82, 2.24) is 0 Å². The van der Waals surface area contributed by atoms with Gasteiger partial charge in [0.25, 0.3) is 0 Å². The Hall–Kier alpha value is 0.200. The van der Waals surface area contributed by atoms with Gasteiger partial charge in [-0.3, -0.25) is 0 Å². The van der Waals surface area contributed by atoms with Gasteiger partial charge in [-0.25, -0.2) is 13.9 Å².